The van der Waals surface area contributed by atoms with Crippen molar-refractivity contribution in [2.45, 2.75) is 44.4 Å². The van der Waals surface area contributed by atoms with E-state index in [-0.39, 0.29) is 36.7 Å². The minimum absolute atomic E-state index is 0.0542. The van der Waals surface area contributed by atoms with Crippen LogP contribution in [0.4, 0.5) is 10.5 Å². The first-order valence-electron chi connectivity index (χ1n) is 10.2. The number of anilines is 1. The van der Waals surface area contributed by atoms with Crippen molar-refractivity contribution in [1.29, 1.82) is 0 Å². The van der Waals surface area contributed by atoms with Crippen LogP contribution in [0, 0.1) is 0 Å². The first-order chi connectivity index (χ1) is 14.0. The van der Waals surface area contributed by atoms with E-state index in [2.05, 4.69) is 28.4 Å². The summed E-state index contributed by atoms with van der Waals surface area (Å²) in [5, 5.41) is 13.1. The fraction of sp³-hybridized carbons (Fsp3) is 0.435. The Morgan fingerprint density at radius 1 is 1.21 bits per heavy atom. The van der Waals surface area contributed by atoms with Gasteiger partial charge < -0.3 is 15.2 Å². The lowest BCUT2D eigenvalue weighted by atomic mass is 9.72. The monoisotopic (exact) mass is 395 g/mol. The van der Waals surface area contributed by atoms with Crippen LogP contribution >= 0.6 is 0 Å². The molecule has 154 valence electrons. The van der Waals surface area contributed by atoms with Gasteiger partial charge in [0.1, 0.15) is 5.75 Å². The molecular formula is C23H29N3O3. The first-order valence-corrected chi connectivity index (χ1v) is 10.2. The molecule has 2 N–H and O–H groups in total. The number of aliphatic hydroxyl groups is 1. The standard InChI is InChI=1S/C23H29N3O3/c1-15(2)24-23(28)26-13-20-22(18-6-4-5-7-19(18)26)21(14-27)25(20)12-16-8-10-17(29-3)11-9-16/h4-11,15,20-22,27H,12-14H2,1-3H3,(H,24,28)/t20-,21-,22+/m0/s1. The van der Waals surface area contributed by atoms with Crippen molar-refractivity contribution in [2.24, 2.45) is 0 Å². The Morgan fingerprint density at radius 3 is 2.59 bits per heavy atom. The lowest BCUT2D eigenvalue weighted by Gasteiger charge is -2.59. The van der Waals surface area contributed by atoms with E-state index in [1.54, 1.807) is 7.11 Å². The van der Waals surface area contributed by atoms with Crippen LogP contribution in [0.25, 0.3) is 0 Å². The largest absolute Gasteiger partial charge is 0.497 e. The number of amides is 2. The van der Waals surface area contributed by atoms with Gasteiger partial charge in [0.2, 0.25) is 0 Å². The van der Waals surface area contributed by atoms with Crippen LogP contribution in [0.5, 0.6) is 5.75 Å². The molecule has 2 aliphatic rings. The van der Waals surface area contributed by atoms with Gasteiger partial charge in [-0.2, -0.15) is 0 Å². The number of nitrogens with zero attached hydrogens (tertiary/aromatic N) is 2. The molecule has 4 rings (SSSR count). The average Bonchev–Trinajstić information content (AvgIpc) is 2.71. The van der Waals surface area contributed by atoms with E-state index < -0.39 is 0 Å². The molecule has 0 unspecified atom stereocenters. The summed E-state index contributed by atoms with van der Waals surface area (Å²) < 4.78 is 5.25. The van der Waals surface area contributed by atoms with E-state index in [0.717, 1.165) is 23.5 Å². The fourth-order valence-corrected chi connectivity index (χ4v) is 4.66. The number of para-hydroxylation sites is 1. The van der Waals surface area contributed by atoms with Crippen molar-refractivity contribution in [1.82, 2.24) is 10.2 Å². The van der Waals surface area contributed by atoms with Crippen molar-refractivity contribution in [3.05, 3.63) is 59.7 Å². The molecule has 1 saturated heterocycles. The van der Waals surface area contributed by atoms with Gasteiger partial charge in [-0.05, 0) is 43.2 Å². The van der Waals surface area contributed by atoms with E-state index in [1.807, 2.05) is 49.1 Å². The van der Waals surface area contributed by atoms with E-state index in [1.165, 1.54) is 5.56 Å². The molecule has 3 atom stereocenters. The van der Waals surface area contributed by atoms with Crippen molar-refractivity contribution in [2.75, 3.05) is 25.2 Å². The number of hydrogen-bond donors (Lipinski definition) is 2. The summed E-state index contributed by atoms with van der Waals surface area (Å²) in [5.41, 5.74) is 3.27. The van der Waals surface area contributed by atoms with Gasteiger partial charge in [-0.1, -0.05) is 30.3 Å². The number of urea groups is 1. The Bertz CT molecular complexity index is 868. The maximum Gasteiger partial charge on any atom is 0.322 e. The number of nitrogens with one attached hydrogen (secondary N) is 1. The number of hydrogen-bond acceptors (Lipinski definition) is 4. The number of carbonyl (C=O) groups is 1. The molecule has 29 heavy (non-hydrogen) atoms. The summed E-state index contributed by atoms with van der Waals surface area (Å²) in [6.07, 6.45) is 0. The number of fused-ring (bicyclic) bond motifs is 3. The molecule has 0 spiro atoms. The Hall–Kier alpha value is -2.57. The van der Waals surface area contributed by atoms with Gasteiger partial charge >= 0.3 is 6.03 Å². The van der Waals surface area contributed by atoms with Gasteiger partial charge in [-0.25, -0.2) is 4.79 Å². The maximum absolute atomic E-state index is 12.9. The normalized spacial score (nSPS) is 23.2. The number of carbonyl (C=O) groups excluding carboxylic acids is 1. The molecular weight excluding hydrogens is 366 g/mol. The van der Waals surface area contributed by atoms with Gasteiger partial charge in [0.15, 0.2) is 0 Å². The number of likely N-dealkylation sites (tertiary alicyclic amines) is 1. The molecule has 2 amide bonds. The van der Waals surface area contributed by atoms with Gasteiger partial charge in [0.05, 0.1) is 13.7 Å². The second kappa shape index (κ2) is 8.05. The lowest BCUT2D eigenvalue weighted by Crippen LogP contribution is -2.69. The van der Waals surface area contributed by atoms with E-state index in [0.29, 0.717) is 6.54 Å². The minimum Gasteiger partial charge on any atom is -0.497 e. The summed E-state index contributed by atoms with van der Waals surface area (Å²) in [4.78, 5) is 17.0. The zero-order chi connectivity index (χ0) is 20.5. The molecule has 0 saturated carbocycles. The first kappa shape index (κ1) is 19.7. The molecule has 6 nitrogen and oxygen atoms in total. The molecule has 2 aromatic rings. The van der Waals surface area contributed by atoms with Crippen LogP contribution in [0.2, 0.25) is 0 Å². The quantitative estimate of drug-likeness (QED) is 0.817. The average molecular weight is 396 g/mol. The van der Waals surface area contributed by atoms with Crippen LogP contribution in [-0.2, 0) is 6.54 Å². The molecule has 0 bridgehead atoms. The number of ether oxygens (including phenoxy) is 1. The third-order valence-electron chi connectivity index (χ3n) is 6.01. The molecule has 0 radical (unpaired) electrons. The Kier molecular flexibility index (Phi) is 5.48. The van der Waals surface area contributed by atoms with Crippen LogP contribution in [0.1, 0.15) is 30.9 Å². The molecule has 2 heterocycles. The van der Waals surface area contributed by atoms with Gasteiger partial charge in [0, 0.05) is 42.8 Å². The molecule has 0 aliphatic carbocycles. The topological polar surface area (TPSA) is 65.0 Å². The van der Waals surface area contributed by atoms with Crippen LogP contribution in [-0.4, -0.2) is 54.4 Å². The molecule has 2 aromatic carbocycles. The smallest absolute Gasteiger partial charge is 0.322 e. The number of benzene rings is 2. The zero-order valence-electron chi connectivity index (χ0n) is 17.2. The fourth-order valence-electron chi connectivity index (χ4n) is 4.66. The molecule has 1 fully saturated rings. The maximum atomic E-state index is 12.9. The highest BCUT2D eigenvalue weighted by atomic mass is 16.5. The molecule has 2 aliphatic heterocycles. The SMILES string of the molecule is COc1ccc(CN2[C@@H](CO)[C@@H]3c4ccccc4N(C(=O)NC(C)C)C[C@@H]32)cc1. The highest BCUT2D eigenvalue weighted by Crippen LogP contribution is 2.48. The van der Waals surface area contributed by atoms with Gasteiger partial charge in [0.25, 0.3) is 0 Å². The van der Waals surface area contributed by atoms with E-state index >= 15 is 0 Å². The van der Waals surface area contributed by atoms with Crippen LogP contribution < -0.4 is 15.0 Å². The van der Waals surface area contributed by atoms with Crippen molar-refractivity contribution < 1.29 is 14.6 Å². The Labute approximate surface area is 172 Å². The van der Waals surface area contributed by atoms with Crippen molar-refractivity contribution >= 4 is 11.7 Å². The van der Waals surface area contributed by atoms with Crippen molar-refractivity contribution in [3.8, 4) is 5.75 Å². The third kappa shape index (κ3) is 3.58. The number of aliphatic hydroxyl groups excluding tert-OH is 1. The van der Waals surface area contributed by atoms with Gasteiger partial charge in [-0.3, -0.25) is 9.80 Å². The second-order valence-corrected chi connectivity index (χ2v) is 8.14. The van der Waals surface area contributed by atoms with Crippen molar-refractivity contribution in [3.63, 3.8) is 0 Å². The highest BCUT2D eigenvalue weighted by molar-refractivity contribution is 5.94. The zero-order valence-corrected chi connectivity index (χ0v) is 17.2. The van der Waals surface area contributed by atoms with Gasteiger partial charge in [-0.15, -0.1) is 0 Å². The summed E-state index contributed by atoms with van der Waals surface area (Å²) in [5.74, 6) is 1.06. The number of rotatable bonds is 5. The van der Waals surface area contributed by atoms with E-state index in [4.69, 9.17) is 4.74 Å². The van der Waals surface area contributed by atoms with Crippen LogP contribution in [0.3, 0.4) is 0 Å². The summed E-state index contributed by atoms with van der Waals surface area (Å²) in [6, 6.07) is 16.4. The predicted molar refractivity (Wildman–Crippen MR) is 113 cm³/mol. The summed E-state index contributed by atoms with van der Waals surface area (Å²) >= 11 is 0. The summed E-state index contributed by atoms with van der Waals surface area (Å²) in [6.45, 7) is 5.39. The molecule has 0 aromatic heterocycles. The summed E-state index contributed by atoms with van der Waals surface area (Å²) in [7, 11) is 1.66. The molecule has 6 heteroatoms. The minimum atomic E-state index is -0.0669. The second-order valence-electron chi connectivity index (χ2n) is 8.14. The highest BCUT2D eigenvalue weighted by Gasteiger charge is 2.53. The lowest BCUT2D eigenvalue weighted by molar-refractivity contribution is -0.0485. The number of methoxy groups -OCH3 is 1. The Balaban J connectivity index is 1.61. The van der Waals surface area contributed by atoms with Crippen LogP contribution in [0.15, 0.2) is 48.5 Å². The van der Waals surface area contributed by atoms with E-state index in [9.17, 15) is 9.90 Å². The third-order valence-corrected chi connectivity index (χ3v) is 6.01. The predicted octanol–water partition coefficient (Wildman–Crippen LogP) is 2.96. The Morgan fingerprint density at radius 2 is 1.93 bits per heavy atom.